The SMILES string of the molecule is CO[C@@H]1C[C@H](CN2CCCC2)N(C(=O)/C=C/c2ccc(C(=O)O)cc2)C1. The number of likely N-dealkylation sites (tertiary alicyclic amines) is 2. The summed E-state index contributed by atoms with van der Waals surface area (Å²) in [6.45, 7) is 3.76. The molecule has 26 heavy (non-hydrogen) atoms. The molecule has 2 atom stereocenters. The molecule has 0 aliphatic carbocycles. The van der Waals surface area contributed by atoms with Crippen LogP contribution in [0.2, 0.25) is 0 Å². The average Bonchev–Trinajstić information content (AvgIpc) is 3.30. The van der Waals surface area contributed by atoms with Gasteiger partial charge in [-0.2, -0.15) is 0 Å². The van der Waals surface area contributed by atoms with Gasteiger partial charge in [-0.15, -0.1) is 0 Å². The Morgan fingerprint density at radius 3 is 2.54 bits per heavy atom. The fraction of sp³-hybridized carbons (Fsp3) is 0.500. The van der Waals surface area contributed by atoms with Crippen molar-refractivity contribution in [2.45, 2.75) is 31.4 Å². The molecular weight excluding hydrogens is 332 g/mol. The van der Waals surface area contributed by atoms with E-state index in [2.05, 4.69) is 4.90 Å². The first-order valence-corrected chi connectivity index (χ1v) is 9.14. The molecule has 140 valence electrons. The molecule has 1 N–H and O–H groups in total. The van der Waals surface area contributed by atoms with Gasteiger partial charge in [0, 0.05) is 32.3 Å². The van der Waals surface area contributed by atoms with E-state index in [1.165, 1.54) is 12.8 Å². The quantitative estimate of drug-likeness (QED) is 0.789. The van der Waals surface area contributed by atoms with E-state index in [4.69, 9.17) is 9.84 Å². The van der Waals surface area contributed by atoms with Gasteiger partial charge in [0.1, 0.15) is 0 Å². The Labute approximate surface area is 154 Å². The molecule has 2 saturated heterocycles. The summed E-state index contributed by atoms with van der Waals surface area (Å²) >= 11 is 0. The number of ether oxygens (including phenoxy) is 1. The summed E-state index contributed by atoms with van der Waals surface area (Å²) in [5.41, 5.74) is 1.04. The lowest BCUT2D eigenvalue weighted by molar-refractivity contribution is -0.127. The van der Waals surface area contributed by atoms with Gasteiger partial charge < -0.3 is 19.6 Å². The third-order valence-electron chi connectivity index (χ3n) is 5.24. The first kappa shape index (κ1) is 18.6. The Hall–Kier alpha value is -2.18. The molecule has 0 bridgehead atoms. The van der Waals surface area contributed by atoms with Crippen molar-refractivity contribution >= 4 is 18.0 Å². The summed E-state index contributed by atoms with van der Waals surface area (Å²) in [4.78, 5) is 27.9. The van der Waals surface area contributed by atoms with Crippen molar-refractivity contribution in [2.24, 2.45) is 0 Å². The summed E-state index contributed by atoms with van der Waals surface area (Å²) in [6, 6.07) is 6.68. The van der Waals surface area contributed by atoms with E-state index >= 15 is 0 Å². The monoisotopic (exact) mass is 358 g/mol. The molecule has 1 aromatic carbocycles. The molecule has 6 nitrogen and oxygen atoms in total. The van der Waals surface area contributed by atoms with Crippen molar-refractivity contribution in [3.63, 3.8) is 0 Å². The number of nitrogens with zero attached hydrogens (tertiary/aromatic N) is 2. The predicted octanol–water partition coefficient (Wildman–Crippen LogP) is 2.11. The Kier molecular flexibility index (Phi) is 6.06. The van der Waals surface area contributed by atoms with E-state index in [1.807, 2.05) is 4.90 Å². The number of methoxy groups -OCH3 is 1. The van der Waals surface area contributed by atoms with Crippen LogP contribution in [-0.4, -0.2) is 72.2 Å². The Morgan fingerprint density at radius 2 is 1.92 bits per heavy atom. The molecule has 0 unspecified atom stereocenters. The van der Waals surface area contributed by atoms with Crippen LogP contribution in [0.4, 0.5) is 0 Å². The third kappa shape index (κ3) is 4.51. The molecule has 0 radical (unpaired) electrons. The molecule has 0 saturated carbocycles. The highest BCUT2D eigenvalue weighted by atomic mass is 16.5. The second-order valence-corrected chi connectivity index (χ2v) is 7.01. The maximum atomic E-state index is 12.7. The molecule has 2 heterocycles. The summed E-state index contributed by atoms with van der Waals surface area (Å²) in [5.74, 6) is -0.972. The van der Waals surface area contributed by atoms with Crippen LogP contribution < -0.4 is 0 Å². The molecule has 3 rings (SSSR count). The molecule has 1 aromatic rings. The van der Waals surface area contributed by atoms with Gasteiger partial charge in [-0.1, -0.05) is 12.1 Å². The maximum absolute atomic E-state index is 12.7. The summed E-state index contributed by atoms with van der Waals surface area (Å²) in [6.07, 6.45) is 6.75. The van der Waals surface area contributed by atoms with Gasteiger partial charge in [-0.3, -0.25) is 4.79 Å². The lowest BCUT2D eigenvalue weighted by atomic mass is 10.1. The standard InChI is InChI=1S/C20H26N2O4/c1-26-18-12-17(13-21-10-2-3-11-21)22(14-18)19(23)9-6-15-4-7-16(8-5-15)20(24)25/h4-9,17-18H,2-3,10-14H2,1H3,(H,24,25)/b9-6+/t17-,18-/m1/s1. The predicted molar refractivity (Wildman–Crippen MR) is 99.0 cm³/mol. The van der Waals surface area contributed by atoms with Crippen LogP contribution >= 0.6 is 0 Å². The number of carboxylic acids is 1. The van der Waals surface area contributed by atoms with Crippen molar-refractivity contribution in [3.05, 3.63) is 41.5 Å². The van der Waals surface area contributed by atoms with Crippen LogP contribution in [0.1, 0.15) is 35.2 Å². The minimum Gasteiger partial charge on any atom is -0.478 e. The molecule has 1 amide bonds. The minimum atomic E-state index is -0.955. The fourth-order valence-electron chi connectivity index (χ4n) is 3.75. The Bertz CT molecular complexity index is 665. The van der Waals surface area contributed by atoms with Crippen LogP contribution in [0.3, 0.4) is 0 Å². The third-order valence-corrected chi connectivity index (χ3v) is 5.24. The number of carbonyl (C=O) groups is 2. The zero-order chi connectivity index (χ0) is 18.5. The second-order valence-electron chi connectivity index (χ2n) is 7.01. The zero-order valence-corrected chi connectivity index (χ0v) is 15.1. The lowest BCUT2D eigenvalue weighted by Gasteiger charge is -2.27. The van der Waals surface area contributed by atoms with Crippen LogP contribution in [0, 0.1) is 0 Å². The van der Waals surface area contributed by atoms with Gasteiger partial charge in [0.2, 0.25) is 5.91 Å². The van der Waals surface area contributed by atoms with Crippen molar-refractivity contribution < 1.29 is 19.4 Å². The average molecular weight is 358 g/mol. The van der Waals surface area contributed by atoms with Crippen molar-refractivity contribution in [1.29, 1.82) is 0 Å². The number of benzene rings is 1. The summed E-state index contributed by atoms with van der Waals surface area (Å²) in [7, 11) is 1.70. The highest BCUT2D eigenvalue weighted by molar-refractivity contribution is 5.92. The van der Waals surface area contributed by atoms with Gasteiger partial charge in [-0.05, 0) is 56.1 Å². The first-order chi connectivity index (χ1) is 12.6. The van der Waals surface area contributed by atoms with Gasteiger partial charge in [-0.25, -0.2) is 4.79 Å². The van der Waals surface area contributed by atoms with Crippen molar-refractivity contribution in [1.82, 2.24) is 9.80 Å². The summed E-state index contributed by atoms with van der Waals surface area (Å²) in [5, 5.41) is 8.94. The highest BCUT2D eigenvalue weighted by Gasteiger charge is 2.35. The van der Waals surface area contributed by atoms with Gasteiger partial charge in [0.25, 0.3) is 0 Å². The minimum absolute atomic E-state index is 0.0175. The Balaban J connectivity index is 1.64. The second kappa shape index (κ2) is 8.47. The molecule has 2 aliphatic heterocycles. The van der Waals surface area contributed by atoms with Crippen molar-refractivity contribution in [3.8, 4) is 0 Å². The van der Waals surface area contributed by atoms with E-state index in [1.54, 1.807) is 43.5 Å². The van der Waals surface area contributed by atoms with Crippen LogP contribution in [0.25, 0.3) is 6.08 Å². The number of carboxylic acid groups (broad SMARTS) is 1. The van der Waals surface area contributed by atoms with Crippen molar-refractivity contribution in [2.75, 3.05) is 33.3 Å². The lowest BCUT2D eigenvalue weighted by Crippen LogP contribution is -2.42. The van der Waals surface area contributed by atoms with Crippen LogP contribution in [-0.2, 0) is 9.53 Å². The van der Waals surface area contributed by atoms with E-state index in [-0.39, 0.29) is 23.6 Å². The van der Waals surface area contributed by atoms with Gasteiger partial charge in [0.05, 0.1) is 11.7 Å². The first-order valence-electron chi connectivity index (χ1n) is 9.14. The molecule has 2 fully saturated rings. The molecular formula is C20H26N2O4. The smallest absolute Gasteiger partial charge is 0.335 e. The number of hydrogen-bond donors (Lipinski definition) is 1. The highest BCUT2D eigenvalue weighted by Crippen LogP contribution is 2.23. The van der Waals surface area contributed by atoms with Crippen LogP contribution in [0.5, 0.6) is 0 Å². The molecule has 0 spiro atoms. The van der Waals surface area contributed by atoms with E-state index < -0.39 is 5.97 Å². The number of carbonyl (C=O) groups excluding carboxylic acids is 1. The van der Waals surface area contributed by atoms with E-state index in [0.717, 1.165) is 31.6 Å². The van der Waals surface area contributed by atoms with Gasteiger partial charge >= 0.3 is 5.97 Å². The maximum Gasteiger partial charge on any atom is 0.335 e. The molecule has 6 heteroatoms. The van der Waals surface area contributed by atoms with E-state index in [9.17, 15) is 9.59 Å². The normalized spacial score (nSPS) is 23.8. The number of hydrogen-bond acceptors (Lipinski definition) is 4. The van der Waals surface area contributed by atoms with Gasteiger partial charge in [0.15, 0.2) is 0 Å². The number of rotatable bonds is 6. The van der Waals surface area contributed by atoms with Crippen LogP contribution in [0.15, 0.2) is 30.3 Å². The largest absolute Gasteiger partial charge is 0.478 e. The molecule has 0 aromatic heterocycles. The number of aromatic carboxylic acids is 1. The Morgan fingerprint density at radius 1 is 1.23 bits per heavy atom. The van der Waals surface area contributed by atoms with E-state index in [0.29, 0.717) is 6.54 Å². The topological polar surface area (TPSA) is 70.1 Å². The number of amides is 1. The fourth-order valence-corrected chi connectivity index (χ4v) is 3.75. The molecule has 2 aliphatic rings. The zero-order valence-electron chi connectivity index (χ0n) is 15.1. The summed E-state index contributed by atoms with van der Waals surface area (Å²) < 4.78 is 5.49.